The topological polar surface area (TPSA) is 82.5 Å². The van der Waals surface area contributed by atoms with Crippen molar-refractivity contribution in [2.45, 2.75) is 6.54 Å². The number of rotatable bonds is 5. The number of aromatic nitrogens is 2. The van der Waals surface area contributed by atoms with E-state index < -0.39 is 0 Å². The molecule has 1 aliphatic heterocycles. The number of Topliss-reactive ketones (excluding diaryl/α,β-unsaturated/α-hetero) is 1. The molecule has 0 saturated heterocycles. The van der Waals surface area contributed by atoms with Crippen LogP contribution in [0.3, 0.4) is 0 Å². The summed E-state index contributed by atoms with van der Waals surface area (Å²) in [4.78, 5) is 31.4. The number of nitrogens with one attached hydrogen (secondary N) is 1. The molecule has 4 aromatic rings. The fraction of sp³-hybridized carbons (Fsp3) is 0.160. The lowest BCUT2D eigenvalue weighted by Crippen LogP contribution is -2.36. The molecule has 1 aliphatic rings. The number of fused-ring (bicyclic) bond motifs is 1. The van der Waals surface area contributed by atoms with E-state index >= 15 is 0 Å². The molecule has 2 aromatic carbocycles. The third-order valence-corrected chi connectivity index (χ3v) is 6.81. The molecule has 0 aliphatic carbocycles. The summed E-state index contributed by atoms with van der Waals surface area (Å²) < 4.78 is 12.5. The van der Waals surface area contributed by atoms with Gasteiger partial charge in [0.1, 0.15) is 16.5 Å². The van der Waals surface area contributed by atoms with Crippen LogP contribution >= 0.6 is 22.9 Å². The van der Waals surface area contributed by atoms with Gasteiger partial charge in [-0.1, -0.05) is 23.7 Å². The number of hydrogen-bond acceptors (Lipinski definition) is 7. The van der Waals surface area contributed by atoms with Gasteiger partial charge < -0.3 is 14.8 Å². The van der Waals surface area contributed by atoms with Crippen LogP contribution in [0.1, 0.15) is 16.1 Å². The molecular formula is C25H20ClN3O4S. The third kappa shape index (κ3) is 3.90. The normalized spacial score (nSPS) is 13.0. The number of halogens is 1. The minimum Gasteiger partial charge on any atom is -0.497 e. The quantitative estimate of drug-likeness (QED) is 0.438. The molecule has 34 heavy (non-hydrogen) atoms. The lowest BCUT2D eigenvalue weighted by Gasteiger charge is -2.23. The minimum absolute atomic E-state index is 0.0902. The van der Waals surface area contributed by atoms with E-state index in [0.29, 0.717) is 50.6 Å². The zero-order valence-corrected chi connectivity index (χ0v) is 20.0. The molecule has 5 rings (SSSR count). The van der Waals surface area contributed by atoms with E-state index in [-0.39, 0.29) is 17.9 Å². The Bertz CT molecular complexity index is 1460. The SMILES string of the molecule is COc1ccc(OC)c(-n2c3c(cc(-c4nc(-c5ccc(Cl)cc5)cs4)c2=O)C(=O)CNC3)c1. The number of ketones is 1. The van der Waals surface area contributed by atoms with Crippen LogP contribution in [0.5, 0.6) is 11.5 Å². The molecule has 7 nitrogen and oxygen atoms in total. The van der Waals surface area contributed by atoms with Gasteiger partial charge in [0.05, 0.1) is 43.4 Å². The van der Waals surface area contributed by atoms with Crippen LogP contribution < -0.4 is 20.3 Å². The van der Waals surface area contributed by atoms with Crippen LogP contribution in [0.25, 0.3) is 27.5 Å². The van der Waals surface area contributed by atoms with Crippen molar-refractivity contribution in [1.82, 2.24) is 14.9 Å². The lowest BCUT2D eigenvalue weighted by atomic mass is 10.0. The fourth-order valence-electron chi connectivity index (χ4n) is 3.99. The first-order valence-electron chi connectivity index (χ1n) is 10.5. The molecule has 0 atom stereocenters. The number of pyridine rings is 1. The van der Waals surface area contributed by atoms with Gasteiger partial charge in [-0.2, -0.15) is 0 Å². The van der Waals surface area contributed by atoms with Crippen molar-refractivity contribution in [1.29, 1.82) is 0 Å². The minimum atomic E-state index is -0.293. The Kier molecular flexibility index (Phi) is 5.95. The molecule has 2 aromatic heterocycles. The van der Waals surface area contributed by atoms with Crippen LogP contribution in [0, 0.1) is 0 Å². The zero-order chi connectivity index (χ0) is 23.8. The molecule has 3 heterocycles. The maximum Gasteiger partial charge on any atom is 0.265 e. The van der Waals surface area contributed by atoms with Crippen molar-refractivity contribution >= 4 is 28.7 Å². The second kappa shape index (κ2) is 9.06. The largest absolute Gasteiger partial charge is 0.497 e. The summed E-state index contributed by atoms with van der Waals surface area (Å²) in [5.74, 6) is 0.963. The first-order chi connectivity index (χ1) is 16.5. The van der Waals surface area contributed by atoms with Gasteiger partial charge in [0.15, 0.2) is 5.78 Å². The number of thiazole rings is 1. The maximum atomic E-state index is 13.9. The maximum absolute atomic E-state index is 13.9. The number of nitrogens with zero attached hydrogens (tertiary/aromatic N) is 2. The predicted octanol–water partition coefficient (Wildman–Crippen LogP) is 4.58. The fourth-order valence-corrected chi connectivity index (χ4v) is 4.95. The summed E-state index contributed by atoms with van der Waals surface area (Å²) in [6.07, 6.45) is 0. The molecule has 1 N–H and O–H groups in total. The van der Waals surface area contributed by atoms with Crippen molar-refractivity contribution in [3.8, 4) is 39.0 Å². The summed E-state index contributed by atoms with van der Waals surface area (Å²) in [6.45, 7) is 0.568. The van der Waals surface area contributed by atoms with Gasteiger partial charge in [0, 0.05) is 34.1 Å². The van der Waals surface area contributed by atoms with E-state index in [4.69, 9.17) is 26.1 Å². The third-order valence-electron chi connectivity index (χ3n) is 5.68. The zero-order valence-electron chi connectivity index (χ0n) is 18.4. The Balaban J connectivity index is 1.74. The monoisotopic (exact) mass is 493 g/mol. The number of carbonyl (C=O) groups excluding carboxylic acids is 1. The van der Waals surface area contributed by atoms with Gasteiger partial charge in [0.2, 0.25) is 0 Å². The summed E-state index contributed by atoms with van der Waals surface area (Å²) >= 11 is 7.35. The first-order valence-corrected chi connectivity index (χ1v) is 11.7. The number of carbonyl (C=O) groups is 1. The Morgan fingerprint density at radius 3 is 2.53 bits per heavy atom. The summed E-state index contributed by atoms with van der Waals surface area (Å²) in [5, 5.41) is 6.13. The van der Waals surface area contributed by atoms with Gasteiger partial charge in [-0.05, 0) is 30.3 Å². The Labute approximate surface area is 204 Å². The molecular weight excluding hydrogens is 474 g/mol. The van der Waals surface area contributed by atoms with Gasteiger partial charge in [-0.3, -0.25) is 14.2 Å². The molecule has 0 saturated carbocycles. The van der Waals surface area contributed by atoms with Gasteiger partial charge >= 0.3 is 0 Å². The van der Waals surface area contributed by atoms with Crippen LogP contribution in [0.2, 0.25) is 5.02 Å². The molecule has 0 radical (unpaired) electrons. The van der Waals surface area contributed by atoms with Crippen molar-refractivity contribution in [2.24, 2.45) is 0 Å². The molecule has 9 heteroatoms. The smallest absolute Gasteiger partial charge is 0.265 e. The standard InChI is InChI=1S/C25H20ClN3O4S/c1-32-16-7-8-23(33-2)20(9-16)29-21-11-27-12-22(30)17(21)10-18(25(29)31)24-28-19(13-34-24)14-3-5-15(26)6-4-14/h3-10,13,27H,11-12H2,1-2H3. The van der Waals surface area contributed by atoms with Crippen LogP contribution in [0.4, 0.5) is 0 Å². The van der Waals surface area contributed by atoms with E-state index in [0.717, 1.165) is 11.3 Å². The predicted molar refractivity (Wildman–Crippen MR) is 133 cm³/mol. The molecule has 0 fully saturated rings. The second-order valence-electron chi connectivity index (χ2n) is 7.67. The van der Waals surface area contributed by atoms with E-state index in [1.54, 1.807) is 43.5 Å². The number of hydrogen-bond donors (Lipinski definition) is 1. The average Bonchev–Trinajstić information content (AvgIpc) is 3.34. The summed E-state index contributed by atoms with van der Waals surface area (Å²) in [6, 6.07) is 14.2. The lowest BCUT2D eigenvalue weighted by molar-refractivity contribution is 0.0980. The highest BCUT2D eigenvalue weighted by Gasteiger charge is 2.26. The highest BCUT2D eigenvalue weighted by Crippen LogP contribution is 2.33. The van der Waals surface area contributed by atoms with E-state index in [1.807, 2.05) is 17.5 Å². The molecule has 0 spiro atoms. The van der Waals surface area contributed by atoms with Gasteiger partial charge in [0.25, 0.3) is 5.56 Å². The summed E-state index contributed by atoms with van der Waals surface area (Å²) in [5.41, 5.74) is 3.23. The number of ether oxygens (including phenoxy) is 2. The van der Waals surface area contributed by atoms with Crippen LogP contribution in [-0.4, -0.2) is 36.1 Å². The van der Waals surface area contributed by atoms with Gasteiger partial charge in [-0.25, -0.2) is 4.98 Å². The van der Waals surface area contributed by atoms with E-state index in [2.05, 4.69) is 5.32 Å². The average molecular weight is 494 g/mol. The van der Waals surface area contributed by atoms with Crippen molar-refractivity contribution in [3.63, 3.8) is 0 Å². The highest BCUT2D eigenvalue weighted by atomic mass is 35.5. The highest BCUT2D eigenvalue weighted by molar-refractivity contribution is 7.13. The number of methoxy groups -OCH3 is 2. The van der Waals surface area contributed by atoms with Crippen molar-refractivity contribution in [2.75, 3.05) is 20.8 Å². The second-order valence-corrected chi connectivity index (χ2v) is 8.96. The Morgan fingerprint density at radius 1 is 1.00 bits per heavy atom. The van der Waals surface area contributed by atoms with Crippen molar-refractivity contribution < 1.29 is 14.3 Å². The Hall–Kier alpha value is -3.46. The van der Waals surface area contributed by atoms with Crippen molar-refractivity contribution in [3.05, 3.63) is 80.5 Å². The molecule has 0 bridgehead atoms. The summed E-state index contributed by atoms with van der Waals surface area (Å²) in [7, 11) is 3.09. The first kappa shape index (κ1) is 22.3. The van der Waals surface area contributed by atoms with E-state index in [9.17, 15) is 9.59 Å². The Morgan fingerprint density at radius 2 is 1.79 bits per heavy atom. The van der Waals surface area contributed by atoms with E-state index in [1.165, 1.54) is 23.0 Å². The molecule has 0 unspecified atom stereocenters. The number of benzene rings is 2. The van der Waals surface area contributed by atoms with Gasteiger partial charge in [-0.15, -0.1) is 11.3 Å². The molecule has 172 valence electrons. The molecule has 0 amide bonds. The van der Waals surface area contributed by atoms with Crippen LogP contribution in [-0.2, 0) is 6.54 Å². The van der Waals surface area contributed by atoms with Crippen LogP contribution in [0.15, 0.2) is 58.7 Å².